The van der Waals surface area contributed by atoms with Crippen LogP contribution in [0.1, 0.15) is 16.7 Å². The summed E-state index contributed by atoms with van der Waals surface area (Å²) in [5.41, 5.74) is 3.06. The van der Waals surface area contributed by atoms with E-state index in [9.17, 15) is 4.79 Å². The molecule has 2 rings (SSSR count). The molecule has 0 aliphatic rings. The first-order valence-corrected chi connectivity index (χ1v) is 8.27. The van der Waals surface area contributed by atoms with Crippen LogP contribution in [0.3, 0.4) is 0 Å². The van der Waals surface area contributed by atoms with Crippen LogP contribution in [0.25, 0.3) is 0 Å². The molecule has 0 aliphatic carbocycles. The summed E-state index contributed by atoms with van der Waals surface area (Å²) in [7, 11) is 1.77. The van der Waals surface area contributed by atoms with Crippen molar-refractivity contribution in [2.75, 3.05) is 20.2 Å². The molecule has 2 amide bonds. The molecule has 2 aromatic carbocycles. The molecule has 0 unspecified atom stereocenters. The fourth-order valence-electron chi connectivity index (χ4n) is 2.38. The number of carbonyl (C=O) groups excluding carboxylic acids is 1. The first-order chi connectivity index (χ1) is 11.5. The van der Waals surface area contributed by atoms with Gasteiger partial charge in [0.25, 0.3) is 0 Å². The van der Waals surface area contributed by atoms with Crippen LogP contribution < -0.4 is 10.1 Å². The largest absolute Gasteiger partial charge is 0.492 e. The number of carbonyl (C=O) groups is 1. The van der Waals surface area contributed by atoms with Crippen molar-refractivity contribution in [2.24, 2.45) is 0 Å². The third kappa shape index (κ3) is 5.17. The summed E-state index contributed by atoms with van der Waals surface area (Å²) in [4.78, 5) is 13.7. The number of hydrogen-bond donors (Lipinski definition) is 1. The lowest BCUT2D eigenvalue weighted by Gasteiger charge is -2.18. The second-order valence-electron chi connectivity index (χ2n) is 5.79. The van der Waals surface area contributed by atoms with Gasteiger partial charge in [0.1, 0.15) is 12.4 Å². The van der Waals surface area contributed by atoms with Crippen LogP contribution in [-0.4, -0.2) is 31.1 Å². The van der Waals surface area contributed by atoms with Gasteiger partial charge < -0.3 is 15.0 Å². The Morgan fingerprint density at radius 3 is 2.42 bits per heavy atom. The summed E-state index contributed by atoms with van der Waals surface area (Å²) in [6, 6.07) is 13.6. The molecule has 0 fully saturated rings. The van der Waals surface area contributed by atoms with E-state index in [-0.39, 0.29) is 6.03 Å². The molecule has 0 aromatic heterocycles. The molecular weight excluding hydrogens is 324 g/mol. The highest BCUT2D eigenvalue weighted by molar-refractivity contribution is 6.32. The Hall–Kier alpha value is -2.20. The topological polar surface area (TPSA) is 41.6 Å². The van der Waals surface area contributed by atoms with Crippen LogP contribution in [-0.2, 0) is 6.54 Å². The number of amides is 2. The highest BCUT2D eigenvalue weighted by Gasteiger charge is 2.08. The van der Waals surface area contributed by atoms with E-state index in [1.807, 2.05) is 56.3 Å². The molecular formula is C19H23ClN2O2. The number of urea groups is 1. The van der Waals surface area contributed by atoms with Gasteiger partial charge in [-0.1, -0.05) is 41.9 Å². The van der Waals surface area contributed by atoms with Gasteiger partial charge in [-0.05, 0) is 42.7 Å². The highest BCUT2D eigenvalue weighted by Crippen LogP contribution is 2.25. The smallest absolute Gasteiger partial charge is 0.317 e. The molecule has 0 saturated heterocycles. The van der Waals surface area contributed by atoms with E-state index in [0.29, 0.717) is 19.7 Å². The quantitative estimate of drug-likeness (QED) is 0.797. The van der Waals surface area contributed by atoms with Crippen LogP contribution in [0.5, 0.6) is 5.75 Å². The Kier molecular flexibility index (Phi) is 6.50. The van der Waals surface area contributed by atoms with Crippen LogP contribution in [0.4, 0.5) is 4.79 Å². The molecule has 0 aliphatic heterocycles. The summed E-state index contributed by atoms with van der Waals surface area (Å²) in [5.74, 6) is 0.765. The number of nitrogens with zero attached hydrogens (tertiary/aromatic N) is 1. The van der Waals surface area contributed by atoms with Crippen molar-refractivity contribution in [2.45, 2.75) is 20.4 Å². The number of benzene rings is 2. The zero-order valence-corrected chi connectivity index (χ0v) is 15.1. The van der Waals surface area contributed by atoms with Crippen molar-refractivity contribution in [3.8, 4) is 5.75 Å². The van der Waals surface area contributed by atoms with Gasteiger partial charge in [0.2, 0.25) is 0 Å². The van der Waals surface area contributed by atoms with Crippen LogP contribution in [0.2, 0.25) is 5.02 Å². The average Bonchev–Trinajstić information content (AvgIpc) is 2.57. The monoisotopic (exact) mass is 346 g/mol. The van der Waals surface area contributed by atoms with E-state index in [1.165, 1.54) is 0 Å². The Bertz CT molecular complexity index is 666. The Morgan fingerprint density at radius 2 is 1.79 bits per heavy atom. The SMILES string of the molecule is Cc1cc(OCCNC(=O)N(C)Cc2ccccc2)cc(C)c1Cl. The maximum Gasteiger partial charge on any atom is 0.317 e. The minimum atomic E-state index is -0.120. The van der Waals surface area contributed by atoms with Gasteiger partial charge in [0.15, 0.2) is 0 Å². The van der Waals surface area contributed by atoms with Crippen LogP contribution in [0.15, 0.2) is 42.5 Å². The second kappa shape index (κ2) is 8.60. The minimum absolute atomic E-state index is 0.120. The standard InChI is InChI=1S/C19H23ClN2O2/c1-14-11-17(12-15(2)18(14)20)24-10-9-21-19(23)22(3)13-16-7-5-4-6-8-16/h4-8,11-12H,9-10,13H2,1-3H3,(H,21,23). The van der Waals surface area contributed by atoms with Crippen molar-refractivity contribution >= 4 is 17.6 Å². The predicted molar refractivity (Wildman–Crippen MR) is 97.7 cm³/mol. The van der Waals surface area contributed by atoms with Crippen LogP contribution >= 0.6 is 11.6 Å². The second-order valence-corrected chi connectivity index (χ2v) is 6.17. The lowest BCUT2D eigenvalue weighted by atomic mass is 10.1. The normalized spacial score (nSPS) is 10.3. The van der Waals surface area contributed by atoms with E-state index in [1.54, 1.807) is 11.9 Å². The summed E-state index contributed by atoms with van der Waals surface area (Å²) in [6.45, 7) is 5.32. The molecule has 5 heteroatoms. The first kappa shape index (κ1) is 18.1. The molecule has 24 heavy (non-hydrogen) atoms. The average molecular weight is 347 g/mol. The third-order valence-corrected chi connectivity index (χ3v) is 4.26. The number of aryl methyl sites for hydroxylation is 2. The van der Waals surface area contributed by atoms with Gasteiger partial charge in [0.05, 0.1) is 6.54 Å². The van der Waals surface area contributed by atoms with E-state index in [2.05, 4.69) is 5.32 Å². The molecule has 4 nitrogen and oxygen atoms in total. The van der Waals surface area contributed by atoms with Gasteiger partial charge in [0, 0.05) is 18.6 Å². The summed E-state index contributed by atoms with van der Waals surface area (Å²) < 4.78 is 5.68. The molecule has 0 saturated carbocycles. The molecule has 2 aromatic rings. The van der Waals surface area contributed by atoms with Gasteiger partial charge in [-0.2, -0.15) is 0 Å². The Morgan fingerprint density at radius 1 is 1.17 bits per heavy atom. The Balaban J connectivity index is 1.74. The van der Waals surface area contributed by atoms with Crippen LogP contribution in [0, 0.1) is 13.8 Å². The maximum atomic E-state index is 12.1. The number of ether oxygens (including phenoxy) is 1. The lowest BCUT2D eigenvalue weighted by molar-refractivity contribution is 0.203. The van der Waals surface area contributed by atoms with E-state index in [0.717, 1.165) is 27.5 Å². The Labute approximate surface area is 148 Å². The molecule has 0 atom stereocenters. The molecule has 0 spiro atoms. The molecule has 0 heterocycles. The number of nitrogens with one attached hydrogen (secondary N) is 1. The summed E-state index contributed by atoms with van der Waals surface area (Å²) in [6.07, 6.45) is 0. The van der Waals surface area contributed by atoms with E-state index >= 15 is 0 Å². The van der Waals surface area contributed by atoms with Gasteiger partial charge in [-0.3, -0.25) is 0 Å². The fraction of sp³-hybridized carbons (Fsp3) is 0.316. The molecule has 128 valence electrons. The van der Waals surface area contributed by atoms with Gasteiger partial charge >= 0.3 is 6.03 Å². The number of halogens is 1. The van der Waals surface area contributed by atoms with Crippen molar-refractivity contribution in [3.05, 3.63) is 64.2 Å². The molecule has 1 N–H and O–H groups in total. The highest BCUT2D eigenvalue weighted by atomic mass is 35.5. The fourth-order valence-corrected chi connectivity index (χ4v) is 2.49. The van der Waals surface area contributed by atoms with Gasteiger partial charge in [-0.15, -0.1) is 0 Å². The minimum Gasteiger partial charge on any atom is -0.492 e. The lowest BCUT2D eigenvalue weighted by Crippen LogP contribution is -2.38. The van der Waals surface area contributed by atoms with E-state index < -0.39 is 0 Å². The van der Waals surface area contributed by atoms with Crippen molar-refractivity contribution in [3.63, 3.8) is 0 Å². The zero-order chi connectivity index (χ0) is 17.5. The number of hydrogen-bond acceptors (Lipinski definition) is 2. The summed E-state index contributed by atoms with van der Waals surface area (Å²) >= 11 is 6.14. The first-order valence-electron chi connectivity index (χ1n) is 7.90. The third-order valence-electron chi connectivity index (χ3n) is 3.67. The number of rotatable bonds is 6. The maximum absolute atomic E-state index is 12.1. The van der Waals surface area contributed by atoms with Crippen molar-refractivity contribution < 1.29 is 9.53 Å². The van der Waals surface area contributed by atoms with Crippen molar-refractivity contribution in [1.29, 1.82) is 0 Å². The molecule has 0 bridgehead atoms. The molecule has 0 radical (unpaired) electrons. The zero-order valence-electron chi connectivity index (χ0n) is 14.3. The van der Waals surface area contributed by atoms with Gasteiger partial charge in [-0.25, -0.2) is 4.79 Å². The predicted octanol–water partition coefficient (Wildman–Crippen LogP) is 4.18. The van der Waals surface area contributed by atoms with Crippen molar-refractivity contribution in [1.82, 2.24) is 10.2 Å². The summed E-state index contributed by atoms with van der Waals surface area (Å²) in [5, 5.41) is 3.61. The van der Waals surface area contributed by atoms with E-state index in [4.69, 9.17) is 16.3 Å².